The molecule has 0 radical (unpaired) electrons. The lowest BCUT2D eigenvalue weighted by Gasteiger charge is -2.44. The molecule has 6 nitrogen and oxygen atoms in total. The minimum Gasteiger partial charge on any atom is -0.396 e. The number of aromatic amines is 1. The third-order valence-electron chi connectivity index (χ3n) is 5.11. The molecule has 0 aromatic carbocycles. The normalized spacial score (nSPS) is 24.4. The molecule has 1 amide bonds. The summed E-state index contributed by atoms with van der Waals surface area (Å²) in [5.74, 6) is -0.188. The molecule has 2 heterocycles. The number of rotatable bonds is 5. The average molecular weight is 336 g/mol. The summed E-state index contributed by atoms with van der Waals surface area (Å²) in [5, 5.41) is 20.2. The zero-order chi connectivity index (χ0) is 17.9. The van der Waals surface area contributed by atoms with Crippen molar-refractivity contribution in [3.05, 3.63) is 33.7 Å². The Morgan fingerprint density at radius 2 is 2.17 bits per heavy atom. The fourth-order valence-electron chi connectivity index (χ4n) is 3.42. The largest absolute Gasteiger partial charge is 0.396 e. The van der Waals surface area contributed by atoms with Gasteiger partial charge in [0.05, 0.1) is 12.7 Å². The van der Waals surface area contributed by atoms with E-state index in [0.29, 0.717) is 13.0 Å². The predicted octanol–water partition coefficient (Wildman–Crippen LogP) is 1.48. The number of aliphatic hydroxyl groups excluding tert-OH is 2. The minimum atomic E-state index is -0.783. The van der Waals surface area contributed by atoms with Crippen LogP contribution in [0.4, 0.5) is 0 Å². The van der Waals surface area contributed by atoms with Crippen LogP contribution in [0.5, 0.6) is 0 Å². The van der Waals surface area contributed by atoms with E-state index in [1.54, 1.807) is 12.1 Å². The quantitative estimate of drug-likeness (QED) is 0.759. The first-order valence-corrected chi connectivity index (χ1v) is 8.66. The fourth-order valence-corrected chi connectivity index (χ4v) is 3.42. The maximum Gasteiger partial charge on any atom is 0.261 e. The predicted molar refractivity (Wildman–Crippen MR) is 92.1 cm³/mol. The number of aliphatic hydroxyl groups is 2. The van der Waals surface area contributed by atoms with Gasteiger partial charge in [-0.05, 0) is 30.9 Å². The molecule has 2 rings (SSSR count). The molecule has 3 N–H and O–H groups in total. The third kappa shape index (κ3) is 3.54. The number of piperidine rings is 1. The second kappa shape index (κ2) is 7.49. The summed E-state index contributed by atoms with van der Waals surface area (Å²) >= 11 is 0. The number of carbonyl (C=O) groups is 1. The zero-order valence-corrected chi connectivity index (χ0v) is 14.7. The molecule has 0 bridgehead atoms. The minimum absolute atomic E-state index is 0.0896. The number of nitrogens with one attached hydrogen (secondary N) is 1. The summed E-state index contributed by atoms with van der Waals surface area (Å²) in [6.07, 6.45) is 1.33. The van der Waals surface area contributed by atoms with E-state index >= 15 is 0 Å². The van der Waals surface area contributed by atoms with E-state index in [4.69, 9.17) is 0 Å². The van der Waals surface area contributed by atoms with Gasteiger partial charge in [0.15, 0.2) is 0 Å². The second-order valence-corrected chi connectivity index (χ2v) is 7.10. The molecule has 1 aromatic rings. The van der Waals surface area contributed by atoms with Gasteiger partial charge in [0.1, 0.15) is 5.56 Å². The molecule has 1 saturated heterocycles. The second-order valence-electron chi connectivity index (χ2n) is 7.10. The van der Waals surface area contributed by atoms with Gasteiger partial charge < -0.3 is 20.1 Å². The Morgan fingerprint density at radius 1 is 1.46 bits per heavy atom. The molecule has 1 fully saturated rings. The Morgan fingerprint density at radius 3 is 2.67 bits per heavy atom. The van der Waals surface area contributed by atoms with E-state index in [1.807, 2.05) is 20.8 Å². The van der Waals surface area contributed by atoms with Gasteiger partial charge in [-0.3, -0.25) is 9.59 Å². The lowest BCUT2D eigenvalue weighted by Crippen LogP contribution is -2.54. The molecular formula is C18H28N2O4. The molecule has 1 aliphatic rings. The van der Waals surface area contributed by atoms with Gasteiger partial charge in [0.25, 0.3) is 11.5 Å². The lowest BCUT2D eigenvalue weighted by molar-refractivity contribution is -0.0713. The molecule has 0 saturated carbocycles. The lowest BCUT2D eigenvalue weighted by atomic mass is 9.73. The van der Waals surface area contributed by atoms with E-state index < -0.39 is 17.1 Å². The van der Waals surface area contributed by atoms with Crippen molar-refractivity contribution in [3.8, 4) is 0 Å². The third-order valence-corrected chi connectivity index (χ3v) is 5.11. The highest BCUT2D eigenvalue weighted by Gasteiger charge is 2.42. The van der Waals surface area contributed by atoms with Crippen molar-refractivity contribution in [2.75, 3.05) is 19.7 Å². The first-order chi connectivity index (χ1) is 11.3. The molecule has 2 atom stereocenters. The number of H-pyrrole nitrogens is 1. The van der Waals surface area contributed by atoms with Crippen molar-refractivity contribution in [2.24, 2.45) is 5.41 Å². The van der Waals surface area contributed by atoms with Gasteiger partial charge in [0, 0.05) is 24.2 Å². The van der Waals surface area contributed by atoms with Crippen LogP contribution in [-0.4, -0.2) is 51.8 Å². The first kappa shape index (κ1) is 18.7. The number of hydrogen-bond acceptors (Lipinski definition) is 4. The van der Waals surface area contributed by atoms with Crippen molar-refractivity contribution in [3.63, 3.8) is 0 Å². The van der Waals surface area contributed by atoms with Crippen LogP contribution >= 0.6 is 0 Å². The van der Waals surface area contributed by atoms with Crippen LogP contribution in [0, 0.1) is 5.41 Å². The number of amides is 1. The molecule has 6 heteroatoms. The molecule has 0 aliphatic carbocycles. The van der Waals surface area contributed by atoms with Gasteiger partial charge in [-0.2, -0.15) is 0 Å². The summed E-state index contributed by atoms with van der Waals surface area (Å²) in [7, 11) is 0. The highest BCUT2D eigenvalue weighted by atomic mass is 16.3. The van der Waals surface area contributed by atoms with Crippen molar-refractivity contribution < 1.29 is 15.0 Å². The molecule has 134 valence electrons. The summed E-state index contributed by atoms with van der Waals surface area (Å²) in [6.45, 7) is 6.43. The van der Waals surface area contributed by atoms with E-state index in [0.717, 1.165) is 18.5 Å². The van der Waals surface area contributed by atoms with Crippen molar-refractivity contribution in [1.82, 2.24) is 9.88 Å². The molecule has 0 spiro atoms. The number of aromatic nitrogens is 1. The van der Waals surface area contributed by atoms with E-state index in [-0.39, 0.29) is 30.5 Å². The maximum atomic E-state index is 12.6. The average Bonchev–Trinajstić information content (AvgIpc) is 2.56. The number of pyridine rings is 1. The van der Waals surface area contributed by atoms with E-state index in [2.05, 4.69) is 4.98 Å². The zero-order valence-electron chi connectivity index (χ0n) is 14.7. The van der Waals surface area contributed by atoms with Crippen LogP contribution in [-0.2, 0) is 0 Å². The number of carbonyl (C=O) groups excluding carboxylic acids is 1. The van der Waals surface area contributed by atoms with Crippen LogP contribution in [0.25, 0.3) is 0 Å². The van der Waals surface area contributed by atoms with Gasteiger partial charge in [0.2, 0.25) is 0 Å². The van der Waals surface area contributed by atoms with E-state index in [1.165, 1.54) is 4.90 Å². The monoisotopic (exact) mass is 336 g/mol. The van der Waals surface area contributed by atoms with Crippen LogP contribution in [0.15, 0.2) is 16.9 Å². The maximum absolute atomic E-state index is 12.6. The van der Waals surface area contributed by atoms with Crippen molar-refractivity contribution >= 4 is 5.91 Å². The SMILES string of the molecule is CCC[C@]1(CO)CCN(C(=O)c2ccc(C(C)C)[nH]c2=O)C[C@H]1O. The van der Waals surface area contributed by atoms with Crippen LogP contribution in [0.3, 0.4) is 0 Å². The Hall–Kier alpha value is -1.66. The standard InChI is InChI=1S/C18H28N2O4/c1-4-7-18(11-21)8-9-20(10-15(18)22)17(24)13-5-6-14(12(2)3)19-16(13)23/h5-6,12,15,21-22H,4,7-11H2,1-3H3,(H,19,23)/t15-,18-/m1/s1. The Balaban J connectivity index is 2.16. The highest BCUT2D eigenvalue weighted by Crippen LogP contribution is 2.36. The van der Waals surface area contributed by atoms with Gasteiger partial charge in [-0.15, -0.1) is 0 Å². The number of β-amino-alcohol motifs (C(OH)–C–C–N with tert-alkyl or cyclic N) is 1. The highest BCUT2D eigenvalue weighted by molar-refractivity contribution is 5.94. The molecule has 24 heavy (non-hydrogen) atoms. The van der Waals surface area contributed by atoms with Crippen LogP contribution < -0.4 is 5.56 Å². The molecule has 0 unspecified atom stereocenters. The number of hydrogen-bond donors (Lipinski definition) is 3. The van der Waals surface area contributed by atoms with Gasteiger partial charge >= 0.3 is 0 Å². The smallest absolute Gasteiger partial charge is 0.261 e. The summed E-state index contributed by atoms with van der Waals surface area (Å²) < 4.78 is 0. The van der Waals surface area contributed by atoms with Crippen LogP contribution in [0.2, 0.25) is 0 Å². The molecule has 1 aliphatic heterocycles. The fraction of sp³-hybridized carbons (Fsp3) is 0.667. The summed E-state index contributed by atoms with van der Waals surface area (Å²) in [5.41, 5.74) is -0.0521. The summed E-state index contributed by atoms with van der Waals surface area (Å²) in [4.78, 5) is 29.1. The van der Waals surface area contributed by atoms with Crippen LogP contribution in [0.1, 0.15) is 62.0 Å². The number of likely N-dealkylation sites (tertiary alicyclic amines) is 1. The topological polar surface area (TPSA) is 93.6 Å². The molecular weight excluding hydrogens is 308 g/mol. The van der Waals surface area contributed by atoms with Gasteiger partial charge in [-0.25, -0.2) is 0 Å². The van der Waals surface area contributed by atoms with E-state index in [9.17, 15) is 19.8 Å². The van der Waals surface area contributed by atoms with Crippen molar-refractivity contribution in [2.45, 2.75) is 52.1 Å². The first-order valence-electron chi connectivity index (χ1n) is 8.66. The summed E-state index contributed by atoms with van der Waals surface area (Å²) in [6, 6.07) is 3.32. The Kier molecular flexibility index (Phi) is 5.83. The Labute approximate surface area is 142 Å². The van der Waals surface area contributed by atoms with Gasteiger partial charge in [-0.1, -0.05) is 27.2 Å². The Bertz CT molecular complexity index is 640. The van der Waals surface area contributed by atoms with Crippen molar-refractivity contribution in [1.29, 1.82) is 0 Å². The molecule has 1 aromatic heterocycles. The number of nitrogens with zero attached hydrogens (tertiary/aromatic N) is 1.